The van der Waals surface area contributed by atoms with Crippen LogP contribution in [0.1, 0.15) is 15.9 Å². The molecule has 0 unspecified atom stereocenters. The fourth-order valence-corrected chi connectivity index (χ4v) is 3.18. The summed E-state index contributed by atoms with van der Waals surface area (Å²) in [6.07, 6.45) is 4.03. The van der Waals surface area contributed by atoms with Gasteiger partial charge in [-0.3, -0.25) is 4.79 Å². The number of carbonyl (C=O) groups excluding carboxylic acids is 1. The first-order valence-electron chi connectivity index (χ1n) is 6.99. The molecule has 0 atom stereocenters. The van der Waals surface area contributed by atoms with Gasteiger partial charge in [-0.25, -0.2) is 0 Å². The summed E-state index contributed by atoms with van der Waals surface area (Å²) in [7, 11) is 0. The molecule has 0 bridgehead atoms. The zero-order chi connectivity index (χ0) is 15.8. The second-order valence-electron chi connectivity index (χ2n) is 5.17. The Hall–Kier alpha value is -2.53. The maximum absolute atomic E-state index is 11.3. The number of hydrogen-bond donors (Lipinski definition) is 0. The molecule has 114 valence electrons. The van der Waals surface area contributed by atoms with Crippen molar-refractivity contribution in [2.24, 2.45) is 0 Å². The van der Waals surface area contributed by atoms with Crippen LogP contribution in [0.5, 0.6) is 5.75 Å². The van der Waals surface area contributed by atoms with Crippen LogP contribution in [-0.2, 0) is 6.61 Å². The van der Waals surface area contributed by atoms with Crippen molar-refractivity contribution in [3.8, 4) is 5.75 Å². The molecule has 2 aromatic heterocycles. The molecule has 4 rings (SSSR count). The fraction of sp³-hybridized carbons (Fsp3) is 0.0556. The summed E-state index contributed by atoms with van der Waals surface area (Å²) >= 11 is 3.49. The number of benzene rings is 2. The van der Waals surface area contributed by atoms with Gasteiger partial charge in [-0.15, -0.1) is 0 Å². The Morgan fingerprint density at radius 3 is 2.74 bits per heavy atom. The SMILES string of the molecule is O=Cc1cc2ccoc2cc1OCc1cc(Br)c2occc2c1. The van der Waals surface area contributed by atoms with Crippen LogP contribution in [0.15, 0.2) is 62.2 Å². The molecule has 23 heavy (non-hydrogen) atoms. The molecule has 4 nitrogen and oxygen atoms in total. The van der Waals surface area contributed by atoms with E-state index in [1.165, 1.54) is 0 Å². The number of carbonyl (C=O) groups is 1. The van der Waals surface area contributed by atoms with Gasteiger partial charge in [-0.1, -0.05) is 0 Å². The van der Waals surface area contributed by atoms with E-state index in [-0.39, 0.29) is 0 Å². The van der Waals surface area contributed by atoms with Crippen LogP contribution in [0.4, 0.5) is 0 Å². The Morgan fingerprint density at radius 2 is 1.87 bits per heavy atom. The molecule has 0 spiro atoms. The highest BCUT2D eigenvalue weighted by atomic mass is 79.9. The molecule has 0 radical (unpaired) electrons. The third-order valence-corrected chi connectivity index (χ3v) is 4.26. The lowest BCUT2D eigenvalue weighted by atomic mass is 10.1. The molecule has 4 aromatic rings. The maximum Gasteiger partial charge on any atom is 0.153 e. The summed E-state index contributed by atoms with van der Waals surface area (Å²) in [5.74, 6) is 0.505. The maximum atomic E-state index is 11.3. The molecule has 0 aliphatic rings. The lowest BCUT2D eigenvalue weighted by Crippen LogP contribution is -1.98. The van der Waals surface area contributed by atoms with E-state index in [9.17, 15) is 4.79 Å². The number of fused-ring (bicyclic) bond motifs is 2. The Bertz CT molecular complexity index is 1010. The quantitative estimate of drug-likeness (QED) is 0.455. The third-order valence-electron chi connectivity index (χ3n) is 3.67. The number of hydrogen-bond acceptors (Lipinski definition) is 4. The van der Waals surface area contributed by atoms with Gasteiger partial charge in [-0.05, 0) is 51.8 Å². The lowest BCUT2D eigenvalue weighted by molar-refractivity contribution is 0.111. The van der Waals surface area contributed by atoms with Crippen molar-refractivity contribution in [2.45, 2.75) is 6.61 Å². The summed E-state index contributed by atoms with van der Waals surface area (Å²) < 4.78 is 17.5. The molecule has 0 amide bonds. The molecule has 2 heterocycles. The van der Waals surface area contributed by atoms with Crippen molar-refractivity contribution in [1.82, 2.24) is 0 Å². The Balaban J connectivity index is 1.65. The predicted octanol–water partition coefficient (Wildman–Crippen LogP) is 5.33. The van der Waals surface area contributed by atoms with Crippen LogP contribution < -0.4 is 4.74 Å². The van der Waals surface area contributed by atoms with Gasteiger partial charge in [0.05, 0.1) is 22.6 Å². The van der Waals surface area contributed by atoms with Crippen molar-refractivity contribution in [2.75, 3.05) is 0 Å². The molecule has 0 aliphatic heterocycles. The van der Waals surface area contributed by atoms with Crippen LogP contribution in [0, 0.1) is 0 Å². The molecule has 0 saturated carbocycles. The second kappa shape index (κ2) is 5.59. The number of halogens is 1. The van der Waals surface area contributed by atoms with Gasteiger partial charge in [0, 0.05) is 16.8 Å². The topological polar surface area (TPSA) is 52.6 Å². The highest BCUT2D eigenvalue weighted by molar-refractivity contribution is 9.10. The van der Waals surface area contributed by atoms with Gasteiger partial charge in [-0.2, -0.15) is 0 Å². The van der Waals surface area contributed by atoms with Crippen LogP contribution in [0.3, 0.4) is 0 Å². The molecular weight excluding hydrogens is 360 g/mol. The highest BCUT2D eigenvalue weighted by Crippen LogP contribution is 2.29. The minimum Gasteiger partial charge on any atom is -0.488 e. The minimum absolute atomic E-state index is 0.340. The van der Waals surface area contributed by atoms with E-state index in [2.05, 4.69) is 15.9 Å². The minimum atomic E-state index is 0.340. The summed E-state index contributed by atoms with van der Waals surface area (Å²) in [5.41, 5.74) is 2.97. The van der Waals surface area contributed by atoms with E-state index in [0.717, 1.165) is 32.7 Å². The van der Waals surface area contributed by atoms with Crippen molar-refractivity contribution in [3.63, 3.8) is 0 Å². The van der Waals surface area contributed by atoms with Crippen LogP contribution >= 0.6 is 15.9 Å². The van der Waals surface area contributed by atoms with Crippen molar-refractivity contribution in [1.29, 1.82) is 0 Å². The molecule has 2 aromatic carbocycles. The van der Waals surface area contributed by atoms with E-state index in [0.29, 0.717) is 23.5 Å². The van der Waals surface area contributed by atoms with Gasteiger partial charge in [0.2, 0.25) is 0 Å². The molecular formula is C18H11BrO4. The van der Waals surface area contributed by atoms with Gasteiger partial charge in [0.15, 0.2) is 6.29 Å². The van der Waals surface area contributed by atoms with Crippen molar-refractivity contribution >= 4 is 44.2 Å². The van der Waals surface area contributed by atoms with E-state index >= 15 is 0 Å². The summed E-state index contributed by atoms with van der Waals surface area (Å²) in [6, 6.07) is 11.2. The largest absolute Gasteiger partial charge is 0.488 e. The van der Waals surface area contributed by atoms with E-state index < -0.39 is 0 Å². The first-order valence-corrected chi connectivity index (χ1v) is 7.79. The lowest BCUT2D eigenvalue weighted by Gasteiger charge is -2.09. The van der Waals surface area contributed by atoms with E-state index in [1.807, 2.05) is 24.3 Å². The van der Waals surface area contributed by atoms with Crippen LogP contribution in [-0.4, -0.2) is 6.29 Å². The smallest absolute Gasteiger partial charge is 0.153 e. The van der Waals surface area contributed by atoms with E-state index in [1.54, 1.807) is 24.7 Å². The third kappa shape index (κ3) is 2.53. The summed E-state index contributed by atoms with van der Waals surface area (Å²) in [4.78, 5) is 11.3. The first-order chi connectivity index (χ1) is 11.2. The molecule has 0 fully saturated rings. The fourth-order valence-electron chi connectivity index (χ4n) is 2.57. The highest BCUT2D eigenvalue weighted by Gasteiger charge is 2.10. The van der Waals surface area contributed by atoms with Gasteiger partial charge < -0.3 is 13.6 Å². The number of furan rings is 2. The van der Waals surface area contributed by atoms with Crippen LogP contribution in [0.2, 0.25) is 0 Å². The predicted molar refractivity (Wildman–Crippen MR) is 89.8 cm³/mol. The van der Waals surface area contributed by atoms with Gasteiger partial charge in [0.1, 0.15) is 23.5 Å². The number of ether oxygens (including phenoxy) is 1. The average molecular weight is 371 g/mol. The van der Waals surface area contributed by atoms with Crippen LogP contribution in [0.25, 0.3) is 21.9 Å². The average Bonchev–Trinajstić information content (AvgIpc) is 3.20. The molecule has 5 heteroatoms. The first kappa shape index (κ1) is 14.1. The Kier molecular flexibility index (Phi) is 3.42. The monoisotopic (exact) mass is 370 g/mol. The molecule has 0 aliphatic carbocycles. The van der Waals surface area contributed by atoms with Gasteiger partial charge in [0.25, 0.3) is 0 Å². The normalized spacial score (nSPS) is 11.2. The Labute approximate surface area is 139 Å². The summed E-state index contributed by atoms with van der Waals surface area (Å²) in [6.45, 7) is 0.340. The number of aldehydes is 1. The van der Waals surface area contributed by atoms with E-state index in [4.69, 9.17) is 13.6 Å². The zero-order valence-electron chi connectivity index (χ0n) is 11.9. The second-order valence-corrected chi connectivity index (χ2v) is 6.03. The number of rotatable bonds is 4. The molecule has 0 N–H and O–H groups in total. The molecule has 0 saturated heterocycles. The standard InChI is InChI=1S/C18H11BrO4/c19-15-6-11(5-13-2-4-22-18(13)15)10-23-17-8-16-12(1-3-21-16)7-14(17)9-20/h1-9H,10H2. The Morgan fingerprint density at radius 1 is 1.04 bits per heavy atom. The zero-order valence-corrected chi connectivity index (χ0v) is 13.5. The van der Waals surface area contributed by atoms with Crippen molar-refractivity contribution in [3.05, 3.63) is 64.5 Å². The van der Waals surface area contributed by atoms with Crippen molar-refractivity contribution < 1.29 is 18.4 Å². The summed E-state index contributed by atoms with van der Waals surface area (Å²) in [5, 5.41) is 1.87. The van der Waals surface area contributed by atoms with Gasteiger partial charge >= 0.3 is 0 Å².